The van der Waals surface area contributed by atoms with Crippen LogP contribution in [0, 0.1) is 18.8 Å². The molecule has 0 saturated carbocycles. The van der Waals surface area contributed by atoms with Crippen molar-refractivity contribution in [1.29, 1.82) is 0 Å². The SMILES string of the molecule is CC1=NC2=C(C(=O)C[C@H](C)C2)[C@H](c2ccc(Cl)cc2)C1C(=O)Nc1cccc(C)n1. The third-order valence-corrected chi connectivity index (χ3v) is 6.00. The maximum Gasteiger partial charge on any atom is 0.235 e. The molecule has 0 bridgehead atoms. The van der Waals surface area contributed by atoms with Crippen molar-refractivity contribution in [2.75, 3.05) is 5.32 Å². The molecule has 1 aliphatic carbocycles. The number of nitrogens with one attached hydrogen (secondary N) is 1. The highest BCUT2D eigenvalue weighted by Gasteiger charge is 2.43. The molecule has 0 fully saturated rings. The van der Waals surface area contributed by atoms with E-state index in [2.05, 4.69) is 17.2 Å². The Balaban J connectivity index is 1.78. The highest BCUT2D eigenvalue weighted by atomic mass is 35.5. The normalized spacial score (nSPS) is 23.7. The minimum Gasteiger partial charge on any atom is -0.310 e. The van der Waals surface area contributed by atoms with Crippen LogP contribution in [0.15, 0.2) is 58.7 Å². The van der Waals surface area contributed by atoms with Gasteiger partial charge in [-0.15, -0.1) is 0 Å². The Bertz CT molecular complexity index is 1070. The summed E-state index contributed by atoms with van der Waals surface area (Å²) in [5.74, 6) is -0.380. The van der Waals surface area contributed by atoms with Gasteiger partial charge in [0.1, 0.15) is 5.82 Å². The van der Waals surface area contributed by atoms with Gasteiger partial charge in [-0.3, -0.25) is 14.6 Å². The molecule has 2 aromatic rings. The standard InChI is InChI=1S/C24H24ClN3O2/c1-13-11-18-23(19(29)12-13)22(16-7-9-17(25)10-8-16)21(15(3)27-18)24(30)28-20-6-4-5-14(2)26-20/h4-10,13,21-22H,11-12H2,1-3H3,(H,26,28,30)/t13-,21?,22-/m1/s1. The first-order valence-electron chi connectivity index (χ1n) is 10.1. The number of aromatic nitrogens is 1. The summed E-state index contributed by atoms with van der Waals surface area (Å²) in [5.41, 5.74) is 3.90. The van der Waals surface area contributed by atoms with Gasteiger partial charge in [-0.1, -0.05) is 36.7 Å². The van der Waals surface area contributed by atoms with Crippen molar-refractivity contribution >= 4 is 34.8 Å². The molecular formula is C24H24ClN3O2. The summed E-state index contributed by atoms with van der Waals surface area (Å²) in [4.78, 5) is 35.6. The van der Waals surface area contributed by atoms with Gasteiger partial charge in [0.2, 0.25) is 5.91 Å². The van der Waals surface area contributed by atoms with E-state index >= 15 is 0 Å². The number of carbonyl (C=O) groups excluding carboxylic acids is 2. The molecule has 1 unspecified atom stereocenters. The summed E-state index contributed by atoms with van der Waals surface area (Å²) in [6.07, 6.45) is 1.22. The zero-order chi connectivity index (χ0) is 21.4. The second-order valence-electron chi connectivity index (χ2n) is 8.21. The number of nitrogens with zero attached hydrogens (tertiary/aromatic N) is 2. The number of hydrogen-bond donors (Lipinski definition) is 1. The summed E-state index contributed by atoms with van der Waals surface area (Å²) in [5, 5.41) is 3.54. The molecule has 1 aromatic carbocycles. The zero-order valence-corrected chi connectivity index (χ0v) is 18.0. The number of benzene rings is 1. The van der Waals surface area contributed by atoms with Crippen molar-refractivity contribution in [1.82, 2.24) is 4.98 Å². The van der Waals surface area contributed by atoms with Gasteiger partial charge in [0.15, 0.2) is 5.78 Å². The molecule has 2 heterocycles. The average Bonchev–Trinajstić information content (AvgIpc) is 2.67. The van der Waals surface area contributed by atoms with E-state index in [1.54, 1.807) is 18.2 Å². The maximum atomic E-state index is 13.4. The van der Waals surface area contributed by atoms with Crippen LogP contribution in [-0.2, 0) is 9.59 Å². The Morgan fingerprint density at radius 3 is 2.53 bits per heavy atom. The highest BCUT2D eigenvalue weighted by Crippen LogP contribution is 2.44. The van der Waals surface area contributed by atoms with Crippen LogP contribution in [-0.4, -0.2) is 22.4 Å². The lowest BCUT2D eigenvalue weighted by Gasteiger charge is -2.36. The number of Topliss-reactive ketones (excluding diaryl/α,β-unsaturated/α-hetero) is 1. The Labute approximate surface area is 181 Å². The quantitative estimate of drug-likeness (QED) is 0.748. The molecule has 4 rings (SSSR count). The highest BCUT2D eigenvalue weighted by molar-refractivity contribution is 6.30. The number of hydrogen-bond acceptors (Lipinski definition) is 4. The predicted molar refractivity (Wildman–Crippen MR) is 119 cm³/mol. The number of rotatable bonds is 3. The minimum absolute atomic E-state index is 0.0754. The first-order chi connectivity index (χ1) is 14.3. The molecule has 0 saturated heterocycles. The Hall–Kier alpha value is -2.79. The van der Waals surface area contributed by atoms with Gasteiger partial charge >= 0.3 is 0 Å². The number of aliphatic imine (C=N–C) groups is 1. The van der Waals surface area contributed by atoms with Crippen LogP contribution >= 0.6 is 11.6 Å². The van der Waals surface area contributed by atoms with Crippen LogP contribution in [0.3, 0.4) is 0 Å². The molecule has 1 aliphatic heterocycles. The van der Waals surface area contributed by atoms with Crippen molar-refractivity contribution in [2.24, 2.45) is 16.8 Å². The van der Waals surface area contributed by atoms with E-state index in [0.29, 0.717) is 28.5 Å². The van der Waals surface area contributed by atoms with E-state index in [-0.39, 0.29) is 23.5 Å². The molecule has 5 nitrogen and oxygen atoms in total. The van der Waals surface area contributed by atoms with Gasteiger partial charge in [-0.05, 0) is 56.0 Å². The summed E-state index contributed by atoms with van der Waals surface area (Å²) in [6.45, 7) is 5.80. The van der Waals surface area contributed by atoms with Gasteiger partial charge in [0.25, 0.3) is 0 Å². The zero-order valence-electron chi connectivity index (χ0n) is 17.3. The second kappa shape index (κ2) is 8.15. The van der Waals surface area contributed by atoms with Gasteiger partial charge < -0.3 is 5.32 Å². The lowest BCUT2D eigenvalue weighted by atomic mass is 9.70. The number of anilines is 1. The molecule has 3 atom stereocenters. The van der Waals surface area contributed by atoms with E-state index in [4.69, 9.17) is 16.6 Å². The Morgan fingerprint density at radius 1 is 1.10 bits per heavy atom. The third-order valence-electron chi connectivity index (χ3n) is 5.74. The van der Waals surface area contributed by atoms with Crippen molar-refractivity contribution in [2.45, 2.75) is 39.5 Å². The van der Waals surface area contributed by atoms with Crippen LogP contribution in [0.25, 0.3) is 0 Å². The predicted octanol–water partition coefficient (Wildman–Crippen LogP) is 5.11. The van der Waals surface area contributed by atoms with Crippen molar-refractivity contribution < 1.29 is 9.59 Å². The van der Waals surface area contributed by atoms with Crippen LogP contribution in [0.4, 0.5) is 5.82 Å². The summed E-state index contributed by atoms with van der Waals surface area (Å²) in [7, 11) is 0. The van der Waals surface area contributed by atoms with Gasteiger partial charge in [-0.25, -0.2) is 4.98 Å². The van der Waals surface area contributed by atoms with Gasteiger partial charge in [-0.2, -0.15) is 0 Å². The van der Waals surface area contributed by atoms with Crippen LogP contribution in [0.2, 0.25) is 5.02 Å². The van der Waals surface area contributed by atoms with Crippen LogP contribution < -0.4 is 5.32 Å². The smallest absolute Gasteiger partial charge is 0.235 e. The fourth-order valence-corrected chi connectivity index (χ4v) is 4.56. The van der Waals surface area contributed by atoms with Crippen molar-refractivity contribution in [3.05, 3.63) is 70.0 Å². The molecule has 0 radical (unpaired) electrons. The number of allylic oxidation sites excluding steroid dienone is 2. The molecule has 0 spiro atoms. The fourth-order valence-electron chi connectivity index (χ4n) is 4.44. The average molecular weight is 422 g/mol. The van der Waals surface area contributed by atoms with E-state index in [0.717, 1.165) is 23.4 Å². The molecule has 2 aliphatic rings. The molecule has 1 aromatic heterocycles. The molecule has 154 valence electrons. The van der Waals surface area contributed by atoms with E-state index < -0.39 is 5.92 Å². The Kier molecular flexibility index (Phi) is 5.56. The largest absolute Gasteiger partial charge is 0.310 e. The topological polar surface area (TPSA) is 71.4 Å². The molecular weight excluding hydrogens is 398 g/mol. The minimum atomic E-state index is -0.593. The molecule has 6 heteroatoms. The third kappa shape index (κ3) is 3.94. The van der Waals surface area contributed by atoms with E-state index in [1.165, 1.54) is 0 Å². The summed E-state index contributed by atoms with van der Waals surface area (Å²) < 4.78 is 0. The number of pyridine rings is 1. The van der Waals surface area contributed by atoms with Crippen molar-refractivity contribution in [3.8, 4) is 0 Å². The number of amides is 1. The lowest BCUT2D eigenvalue weighted by molar-refractivity contribution is -0.119. The number of aryl methyl sites for hydroxylation is 1. The number of carbonyl (C=O) groups is 2. The first kappa shape index (κ1) is 20.5. The monoisotopic (exact) mass is 421 g/mol. The lowest BCUT2D eigenvalue weighted by Crippen LogP contribution is -2.39. The van der Waals surface area contributed by atoms with Crippen LogP contribution in [0.5, 0.6) is 0 Å². The van der Waals surface area contributed by atoms with Gasteiger partial charge in [0.05, 0.1) is 5.92 Å². The fraction of sp³-hybridized carbons (Fsp3) is 0.333. The molecule has 1 amide bonds. The summed E-state index contributed by atoms with van der Waals surface area (Å²) in [6, 6.07) is 12.9. The molecule has 1 N–H and O–H groups in total. The number of ketones is 1. The van der Waals surface area contributed by atoms with E-state index in [1.807, 2.05) is 38.1 Å². The van der Waals surface area contributed by atoms with Gasteiger partial charge in [0, 0.05) is 40.0 Å². The summed E-state index contributed by atoms with van der Waals surface area (Å²) >= 11 is 6.10. The van der Waals surface area contributed by atoms with Crippen LogP contribution in [0.1, 0.15) is 43.9 Å². The maximum absolute atomic E-state index is 13.4. The molecule has 30 heavy (non-hydrogen) atoms. The van der Waals surface area contributed by atoms with E-state index in [9.17, 15) is 9.59 Å². The van der Waals surface area contributed by atoms with Crippen molar-refractivity contribution in [3.63, 3.8) is 0 Å². The Morgan fingerprint density at radius 2 is 1.83 bits per heavy atom. The first-order valence-corrected chi connectivity index (χ1v) is 10.5. The number of halogens is 1. The second-order valence-corrected chi connectivity index (χ2v) is 8.65.